The fourth-order valence-electron chi connectivity index (χ4n) is 5.65. The molecule has 2 heterocycles. The van der Waals surface area contributed by atoms with Gasteiger partial charge in [0.15, 0.2) is 0 Å². The maximum Gasteiger partial charge on any atom is 0.309 e. The van der Waals surface area contributed by atoms with Gasteiger partial charge in [0, 0.05) is 12.0 Å². The number of hydrogen-bond acceptors (Lipinski definition) is 6. The Kier molecular flexibility index (Phi) is 11.7. The van der Waals surface area contributed by atoms with Gasteiger partial charge >= 0.3 is 5.97 Å². The summed E-state index contributed by atoms with van der Waals surface area (Å²) in [6.45, 7) is 10.6. The van der Waals surface area contributed by atoms with Crippen molar-refractivity contribution in [1.29, 1.82) is 0 Å². The Morgan fingerprint density at radius 1 is 1.02 bits per heavy atom. The average molecular weight is 557 g/mol. The molecule has 2 aliphatic rings. The molecule has 2 saturated heterocycles. The lowest BCUT2D eigenvalue weighted by Gasteiger charge is -2.49. The Morgan fingerprint density at radius 3 is 2.33 bits per heavy atom. The van der Waals surface area contributed by atoms with Gasteiger partial charge in [-0.3, -0.25) is 19.2 Å². The second-order valence-corrected chi connectivity index (χ2v) is 11.9. The maximum atomic E-state index is 13.7. The van der Waals surface area contributed by atoms with Crippen molar-refractivity contribution in [3.8, 4) is 0 Å². The van der Waals surface area contributed by atoms with Crippen LogP contribution >= 0.6 is 0 Å². The van der Waals surface area contributed by atoms with E-state index in [1.165, 1.54) is 0 Å². The van der Waals surface area contributed by atoms with Gasteiger partial charge in [-0.25, -0.2) is 0 Å². The first-order valence-electron chi connectivity index (χ1n) is 15.1. The van der Waals surface area contributed by atoms with E-state index in [0.717, 1.165) is 44.1 Å². The predicted octanol–water partition coefficient (Wildman–Crippen LogP) is 4.93. The number of ketones is 1. The molecule has 3 rings (SSSR count). The van der Waals surface area contributed by atoms with Crippen molar-refractivity contribution in [3.63, 3.8) is 0 Å². The number of Topliss-reactive ketones (excluding diaryl/α,β-unsaturated/α-hetero) is 1. The first kappa shape index (κ1) is 31.8. The minimum absolute atomic E-state index is 0.0561. The van der Waals surface area contributed by atoms with Crippen molar-refractivity contribution >= 4 is 23.6 Å². The summed E-state index contributed by atoms with van der Waals surface area (Å²) in [6.07, 6.45) is 5.55. The molecule has 222 valence electrons. The van der Waals surface area contributed by atoms with E-state index in [2.05, 4.69) is 13.8 Å². The molecule has 8 nitrogen and oxygen atoms in total. The fourth-order valence-corrected chi connectivity index (χ4v) is 5.65. The highest BCUT2D eigenvalue weighted by Gasteiger charge is 2.48. The third-order valence-corrected chi connectivity index (χ3v) is 8.47. The number of benzene rings is 1. The molecule has 2 unspecified atom stereocenters. The minimum Gasteiger partial charge on any atom is -0.463 e. The van der Waals surface area contributed by atoms with Gasteiger partial charge in [-0.2, -0.15) is 0 Å². The Morgan fingerprint density at radius 2 is 1.70 bits per heavy atom. The largest absolute Gasteiger partial charge is 0.463 e. The molecule has 0 radical (unpaired) electrons. The smallest absolute Gasteiger partial charge is 0.309 e. The molecular formula is C32H48N2O6. The van der Waals surface area contributed by atoms with E-state index < -0.39 is 29.3 Å². The summed E-state index contributed by atoms with van der Waals surface area (Å²) in [7, 11) is 0. The van der Waals surface area contributed by atoms with E-state index in [4.69, 9.17) is 9.47 Å². The fraction of sp³-hybridized carbons (Fsp3) is 0.688. The zero-order chi connectivity index (χ0) is 29.3. The monoisotopic (exact) mass is 556 g/mol. The number of fused-ring (bicyclic) bond motifs is 2. The summed E-state index contributed by atoms with van der Waals surface area (Å²) in [4.78, 5) is 56.2. The number of rotatable bonds is 15. The van der Waals surface area contributed by atoms with E-state index in [9.17, 15) is 19.2 Å². The third-order valence-electron chi connectivity index (χ3n) is 8.47. The second kappa shape index (κ2) is 14.8. The molecule has 2 amide bonds. The van der Waals surface area contributed by atoms with Gasteiger partial charge in [0.25, 0.3) is 5.91 Å². The Balaban J connectivity index is 1.73. The van der Waals surface area contributed by atoms with Gasteiger partial charge in [-0.1, -0.05) is 77.8 Å². The van der Waals surface area contributed by atoms with Crippen LogP contribution in [0.2, 0.25) is 0 Å². The quantitative estimate of drug-likeness (QED) is 0.225. The topological polar surface area (TPSA) is 93.2 Å². The standard InChI is InChI=1S/C32H48N2O6/c1-6-13-24(14-7-2)31(38)40-22-26(39-21-23-15-10-9-11-16-23)20-33-19-25-17-12-18-27(29(33)36)34(25)30(37)28(35)32(4,5)8-3/h9-11,15-16,24-27H,6-8,12-14,17-22H2,1-5H3/t25?,26-,27?/m0/s1. The van der Waals surface area contributed by atoms with Gasteiger partial charge < -0.3 is 19.3 Å². The molecule has 1 aromatic carbocycles. The first-order valence-corrected chi connectivity index (χ1v) is 15.1. The lowest BCUT2D eigenvalue weighted by Crippen LogP contribution is -2.67. The van der Waals surface area contributed by atoms with E-state index in [1.54, 1.807) is 23.6 Å². The number of esters is 1. The van der Waals surface area contributed by atoms with Gasteiger partial charge in [0.2, 0.25) is 11.7 Å². The molecule has 0 saturated carbocycles. The summed E-state index contributed by atoms with van der Waals surface area (Å²) in [5.41, 5.74) is 0.225. The zero-order valence-corrected chi connectivity index (χ0v) is 25.0. The van der Waals surface area contributed by atoms with Crippen molar-refractivity contribution < 1.29 is 28.7 Å². The lowest BCUT2D eigenvalue weighted by atomic mass is 9.82. The second-order valence-electron chi connectivity index (χ2n) is 11.9. The minimum atomic E-state index is -0.765. The Bertz CT molecular complexity index is 1000. The number of carbonyl (C=O) groups excluding carboxylic acids is 4. The number of piperazine rings is 1. The lowest BCUT2D eigenvalue weighted by molar-refractivity contribution is -0.167. The summed E-state index contributed by atoms with van der Waals surface area (Å²) in [5, 5.41) is 0. The third kappa shape index (κ3) is 7.93. The summed E-state index contributed by atoms with van der Waals surface area (Å²) < 4.78 is 12.0. The Hall–Kier alpha value is -2.74. The molecular weight excluding hydrogens is 508 g/mol. The number of likely N-dealkylation sites (tertiary alicyclic amines) is 1. The molecule has 2 aliphatic heterocycles. The van der Waals surface area contributed by atoms with Gasteiger partial charge in [0.05, 0.1) is 25.1 Å². The molecule has 8 heteroatoms. The SMILES string of the molecule is CCCC(CCC)C(=O)OC[C@H](CN1CC2CCCC(C1=O)N2C(=O)C(=O)C(C)(C)CC)OCc1ccccc1. The molecule has 0 N–H and O–H groups in total. The number of nitrogens with zero attached hydrogens (tertiary/aromatic N) is 2. The van der Waals surface area contributed by atoms with Crippen LogP contribution in [0.15, 0.2) is 30.3 Å². The number of amides is 2. The van der Waals surface area contributed by atoms with Crippen molar-refractivity contribution in [2.75, 3.05) is 19.7 Å². The van der Waals surface area contributed by atoms with Crippen molar-refractivity contribution in [3.05, 3.63) is 35.9 Å². The normalized spacial score (nSPS) is 20.0. The van der Waals surface area contributed by atoms with E-state index in [0.29, 0.717) is 26.0 Å². The number of carbonyl (C=O) groups is 4. The maximum absolute atomic E-state index is 13.7. The highest BCUT2D eigenvalue weighted by Crippen LogP contribution is 2.32. The van der Waals surface area contributed by atoms with Crippen LogP contribution in [0.3, 0.4) is 0 Å². The highest BCUT2D eigenvalue weighted by molar-refractivity contribution is 6.38. The number of piperidine rings is 1. The van der Waals surface area contributed by atoms with Gasteiger partial charge in [-0.05, 0) is 44.1 Å². The van der Waals surface area contributed by atoms with Crippen LogP contribution in [0.1, 0.15) is 91.5 Å². The molecule has 0 spiro atoms. The molecule has 3 atom stereocenters. The van der Waals surface area contributed by atoms with Crippen LogP contribution < -0.4 is 0 Å². The molecule has 0 aromatic heterocycles. The van der Waals surface area contributed by atoms with Crippen LogP contribution in [0.5, 0.6) is 0 Å². The number of ether oxygens (including phenoxy) is 2. The molecule has 2 fully saturated rings. The van der Waals surface area contributed by atoms with Crippen LogP contribution in [0.25, 0.3) is 0 Å². The van der Waals surface area contributed by atoms with Crippen LogP contribution in [-0.2, 0) is 35.3 Å². The summed E-state index contributed by atoms with van der Waals surface area (Å²) in [5.74, 6) is -1.49. The van der Waals surface area contributed by atoms with E-state index in [1.807, 2.05) is 37.3 Å². The molecule has 0 aliphatic carbocycles. The van der Waals surface area contributed by atoms with E-state index in [-0.39, 0.29) is 37.0 Å². The predicted molar refractivity (Wildman–Crippen MR) is 153 cm³/mol. The van der Waals surface area contributed by atoms with Gasteiger partial charge in [-0.15, -0.1) is 0 Å². The average Bonchev–Trinajstić information content (AvgIpc) is 2.96. The zero-order valence-electron chi connectivity index (χ0n) is 25.0. The van der Waals surface area contributed by atoms with Gasteiger partial charge in [0.1, 0.15) is 18.8 Å². The van der Waals surface area contributed by atoms with E-state index >= 15 is 0 Å². The van der Waals surface area contributed by atoms with Crippen molar-refractivity contribution in [1.82, 2.24) is 9.80 Å². The first-order chi connectivity index (χ1) is 19.1. The van der Waals surface area contributed by atoms with Crippen molar-refractivity contribution in [2.45, 2.75) is 111 Å². The molecule has 40 heavy (non-hydrogen) atoms. The van der Waals surface area contributed by atoms with Crippen molar-refractivity contribution in [2.24, 2.45) is 11.3 Å². The summed E-state index contributed by atoms with van der Waals surface area (Å²) in [6, 6.07) is 8.90. The van der Waals surface area contributed by atoms with Crippen LogP contribution in [-0.4, -0.2) is 71.3 Å². The molecule has 1 aromatic rings. The van der Waals surface area contributed by atoms with Crippen LogP contribution in [0, 0.1) is 11.3 Å². The molecule has 2 bridgehead atoms. The highest BCUT2D eigenvalue weighted by atomic mass is 16.6. The van der Waals surface area contributed by atoms with Crippen LogP contribution in [0.4, 0.5) is 0 Å². The Labute approximate surface area is 239 Å². The number of hydrogen-bond donors (Lipinski definition) is 0. The summed E-state index contributed by atoms with van der Waals surface area (Å²) >= 11 is 0.